The lowest BCUT2D eigenvalue weighted by atomic mass is 10.1. The number of aliphatic hydroxyl groups is 2. The van der Waals surface area contributed by atoms with Gasteiger partial charge in [-0.3, -0.25) is 0 Å². The predicted octanol–water partition coefficient (Wildman–Crippen LogP) is 2.93. The van der Waals surface area contributed by atoms with E-state index in [1.807, 2.05) is 13.0 Å². The normalized spacial score (nSPS) is 14.0. The average Bonchev–Trinajstić information content (AvgIpc) is 3.12. The molecule has 0 aliphatic rings. The lowest BCUT2D eigenvalue weighted by Crippen LogP contribution is -2.26. The van der Waals surface area contributed by atoms with Crippen LogP contribution in [0.25, 0.3) is 5.69 Å². The first-order chi connectivity index (χ1) is 13.1. The Morgan fingerprint density at radius 3 is 2.57 bits per heavy atom. The van der Waals surface area contributed by atoms with Crippen LogP contribution in [-0.4, -0.2) is 36.3 Å². The number of aryl methyl sites for hydroxylation is 1. The number of hydrogen-bond donors (Lipinski definition) is 3. The maximum absolute atomic E-state index is 12.8. The Labute approximate surface area is 158 Å². The van der Waals surface area contributed by atoms with Crippen LogP contribution in [0, 0.1) is 6.92 Å². The first-order valence-corrected chi connectivity index (χ1v) is 8.25. The van der Waals surface area contributed by atoms with Crippen molar-refractivity contribution in [3.05, 3.63) is 59.9 Å². The fraction of sp³-hybridized carbons (Fsp3) is 0.278. The number of aromatic nitrogens is 4. The molecule has 0 radical (unpaired) electrons. The van der Waals surface area contributed by atoms with E-state index in [1.54, 1.807) is 22.9 Å². The highest BCUT2D eigenvalue weighted by Crippen LogP contribution is 2.28. The Hall–Kier alpha value is -2.98. The summed E-state index contributed by atoms with van der Waals surface area (Å²) in [6, 6.07) is 6.04. The molecule has 2 heterocycles. The van der Waals surface area contributed by atoms with Gasteiger partial charge in [-0.15, -0.1) is 0 Å². The molecule has 0 saturated carbocycles. The van der Waals surface area contributed by atoms with Crippen molar-refractivity contribution in [2.75, 3.05) is 11.9 Å². The smallest absolute Gasteiger partial charge is 0.393 e. The van der Waals surface area contributed by atoms with Gasteiger partial charge in [0, 0.05) is 23.8 Å². The first kappa shape index (κ1) is 19.8. The highest BCUT2D eigenvalue weighted by atomic mass is 19.4. The van der Waals surface area contributed by atoms with E-state index in [0.717, 1.165) is 17.8 Å². The van der Waals surface area contributed by atoms with E-state index in [4.69, 9.17) is 0 Å². The van der Waals surface area contributed by atoms with Crippen molar-refractivity contribution >= 4 is 11.6 Å². The molecule has 0 spiro atoms. The molecule has 28 heavy (non-hydrogen) atoms. The van der Waals surface area contributed by atoms with Crippen LogP contribution in [0.3, 0.4) is 0 Å². The SMILES string of the molecule is Cc1cc(Nc2nccc(C(F)(F)F)n2)cc(-n2cnc(C(C)(O)CO)c2)c1. The molecule has 1 unspecified atom stereocenters. The molecular formula is C18H18F3N5O2. The summed E-state index contributed by atoms with van der Waals surface area (Å²) in [5.41, 5.74) is -0.269. The van der Waals surface area contributed by atoms with Crippen LogP contribution in [0.4, 0.5) is 24.8 Å². The fourth-order valence-corrected chi connectivity index (χ4v) is 2.51. The number of benzene rings is 1. The first-order valence-electron chi connectivity index (χ1n) is 8.25. The second-order valence-electron chi connectivity index (χ2n) is 6.54. The third-order valence-corrected chi connectivity index (χ3v) is 4.00. The highest BCUT2D eigenvalue weighted by molar-refractivity contribution is 5.59. The summed E-state index contributed by atoms with van der Waals surface area (Å²) in [5, 5.41) is 22.1. The van der Waals surface area contributed by atoms with E-state index >= 15 is 0 Å². The minimum atomic E-state index is -4.56. The number of nitrogens with one attached hydrogen (secondary N) is 1. The summed E-state index contributed by atoms with van der Waals surface area (Å²) < 4.78 is 40.1. The van der Waals surface area contributed by atoms with Crippen LogP contribution in [0.1, 0.15) is 23.9 Å². The van der Waals surface area contributed by atoms with Gasteiger partial charge in [-0.25, -0.2) is 15.0 Å². The lowest BCUT2D eigenvalue weighted by Gasteiger charge is -2.17. The van der Waals surface area contributed by atoms with Crippen LogP contribution >= 0.6 is 0 Å². The fourth-order valence-electron chi connectivity index (χ4n) is 2.51. The lowest BCUT2D eigenvalue weighted by molar-refractivity contribution is -0.141. The van der Waals surface area contributed by atoms with Crippen molar-refractivity contribution in [2.45, 2.75) is 25.6 Å². The number of nitrogens with zero attached hydrogens (tertiary/aromatic N) is 4. The average molecular weight is 393 g/mol. The number of imidazole rings is 1. The van der Waals surface area contributed by atoms with Crippen LogP contribution in [0.5, 0.6) is 0 Å². The Bertz CT molecular complexity index is 985. The van der Waals surface area contributed by atoms with Crippen LogP contribution in [0.2, 0.25) is 0 Å². The zero-order valence-corrected chi connectivity index (χ0v) is 15.1. The molecule has 0 aliphatic heterocycles. The standard InChI is InChI=1S/C18H18F3N5O2/c1-11-5-12(24-16-22-4-3-14(25-16)18(19,20)21)7-13(6-11)26-8-15(23-10-26)17(2,28)9-27/h3-8,10,27-28H,9H2,1-2H3,(H,22,24,25). The predicted molar refractivity (Wildman–Crippen MR) is 95.3 cm³/mol. The molecule has 0 fully saturated rings. The Morgan fingerprint density at radius 2 is 1.89 bits per heavy atom. The van der Waals surface area contributed by atoms with Crippen molar-refractivity contribution < 1.29 is 23.4 Å². The van der Waals surface area contributed by atoms with Crippen LogP contribution in [0.15, 0.2) is 43.0 Å². The number of alkyl halides is 3. The molecule has 2 aromatic heterocycles. The van der Waals surface area contributed by atoms with E-state index in [0.29, 0.717) is 11.4 Å². The minimum Gasteiger partial charge on any atom is -0.393 e. The zero-order valence-electron chi connectivity index (χ0n) is 15.1. The van der Waals surface area contributed by atoms with Crippen molar-refractivity contribution in [2.24, 2.45) is 0 Å². The molecule has 148 valence electrons. The molecular weight excluding hydrogens is 375 g/mol. The molecule has 3 rings (SSSR count). The number of anilines is 2. The van der Waals surface area contributed by atoms with Gasteiger partial charge in [0.15, 0.2) is 0 Å². The largest absolute Gasteiger partial charge is 0.433 e. The zero-order chi connectivity index (χ0) is 20.5. The molecule has 0 amide bonds. The molecule has 0 bridgehead atoms. The number of hydrogen-bond acceptors (Lipinski definition) is 6. The monoisotopic (exact) mass is 393 g/mol. The van der Waals surface area contributed by atoms with Crippen molar-refractivity contribution in [3.8, 4) is 5.69 Å². The molecule has 3 N–H and O–H groups in total. The number of aliphatic hydroxyl groups excluding tert-OH is 1. The quantitative estimate of drug-likeness (QED) is 0.617. The highest BCUT2D eigenvalue weighted by Gasteiger charge is 2.32. The summed E-state index contributed by atoms with van der Waals surface area (Å²) in [4.78, 5) is 11.4. The van der Waals surface area contributed by atoms with Gasteiger partial charge in [0.1, 0.15) is 11.3 Å². The van der Waals surface area contributed by atoms with Crippen LogP contribution in [-0.2, 0) is 11.8 Å². The maximum atomic E-state index is 12.8. The molecule has 1 aromatic carbocycles. The van der Waals surface area contributed by atoms with E-state index in [9.17, 15) is 23.4 Å². The van der Waals surface area contributed by atoms with Gasteiger partial charge in [-0.1, -0.05) is 0 Å². The molecule has 7 nitrogen and oxygen atoms in total. The van der Waals surface area contributed by atoms with Gasteiger partial charge in [0.2, 0.25) is 5.95 Å². The second-order valence-corrected chi connectivity index (χ2v) is 6.54. The third kappa shape index (κ3) is 4.29. The third-order valence-electron chi connectivity index (χ3n) is 4.00. The maximum Gasteiger partial charge on any atom is 0.433 e. The minimum absolute atomic E-state index is 0.180. The molecule has 1 atom stereocenters. The summed E-state index contributed by atoms with van der Waals surface area (Å²) in [7, 11) is 0. The summed E-state index contributed by atoms with van der Waals surface area (Å²) in [5.74, 6) is -0.180. The van der Waals surface area contributed by atoms with E-state index in [1.165, 1.54) is 13.3 Å². The van der Waals surface area contributed by atoms with E-state index in [-0.39, 0.29) is 11.6 Å². The number of halogens is 3. The topological polar surface area (TPSA) is 96.1 Å². The molecule has 3 aromatic rings. The van der Waals surface area contributed by atoms with Gasteiger partial charge < -0.3 is 20.1 Å². The Morgan fingerprint density at radius 1 is 1.14 bits per heavy atom. The van der Waals surface area contributed by atoms with Gasteiger partial charge in [0.25, 0.3) is 0 Å². The van der Waals surface area contributed by atoms with Gasteiger partial charge in [-0.05, 0) is 43.7 Å². The van der Waals surface area contributed by atoms with Crippen molar-refractivity contribution in [3.63, 3.8) is 0 Å². The summed E-state index contributed by atoms with van der Waals surface area (Å²) in [6.07, 6.45) is -0.490. The summed E-state index contributed by atoms with van der Waals surface area (Å²) >= 11 is 0. The summed E-state index contributed by atoms with van der Waals surface area (Å²) in [6.45, 7) is 2.77. The van der Waals surface area contributed by atoms with E-state index < -0.39 is 24.1 Å². The molecule has 0 saturated heterocycles. The van der Waals surface area contributed by atoms with E-state index in [2.05, 4.69) is 20.3 Å². The Balaban J connectivity index is 1.91. The number of rotatable bonds is 5. The van der Waals surface area contributed by atoms with Crippen LogP contribution < -0.4 is 5.32 Å². The van der Waals surface area contributed by atoms with Gasteiger partial charge >= 0.3 is 6.18 Å². The second kappa shape index (κ2) is 7.21. The van der Waals surface area contributed by atoms with Gasteiger partial charge in [-0.2, -0.15) is 13.2 Å². The Kier molecular flexibility index (Phi) is 5.09. The van der Waals surface area contributed by atoms with Gasteiger partial charge in [0.05, 0.1) is 18.6 Å². The molecule has 0 aliphatic carbocycles. The van der Waals surface area contributed by atoms with Crippen molar-refractivity contribution in [1.29, 1.82) is 0 Å². The molecule has 10 heteroatoms. The van der Waals surface area contributed by atoms with Crippen molar-refractivity contribution in [1.82, 2.24) is 19.5 Å².